The molecule has 1 aliphatic rings. The van der Waals surface area contributed by atoms with Crippen LogP contribution >= 0.6 is 11.3 Å². The average Bonchev–Trinajstić information content (AvgIpc) is 3.63. The molecule has 2 heterocycles. The molecule has 0 saturated carbocycles. The Hall–Kier alpha value is -3.51. The highest BCUT2D eigenvalue weighted by Crippen LogP contribution is 2.35. The second-order valence-corrected chi connectivity index (χ2v) is 10.0. The number of amides is 3. The van der Waals surface area contributed by atoms with Gasteiger partial charge in [-0.1, -0.05) is 31.9 Å². The van der Waals surface area contributed by atoms with Gasteiger partial charge in [-0.25, -0.2) is 9.59 Å². The number of nitrogens with zero attached hydrogens (tertiary/aromatic N) is 1. The molecule has 0 aliphatic carbocycles. The lowest BCUT2D eigenvalue weighted by atomic mass is 10.0. The molecule has 1 aliphatic heterocycles. The number of hydrogen-bond acceptors (Lipinski definition) is 9. The maximum atomic E-state index is 13.0. The van der Waals surface area contributed by atoms with Crippen LogP contribution in [0.25, 0.3) is 0 Å². The van der Waals surface area contributed by atoms with E-state index in [9.17, 15) is 14.4 Å². The lowest BCUT2D eigenvalue weighted by Gasteiger charge is -2.25. The van der Waals surface area contributed by atoms with Crippen molar-refractivity contribution in [3.63, 3.8) is 0 Å². The molecule has 3 rings (SSSR count). The van der Waals surface area contributed by atoms with Gasteiger partial charge in [0.1, 0.15) is 6.61 Å². The Morgan fingerprint density at radius 1 is 1.13 bits per heavy atom. The van der Waals surface area contributed by atoms with E-state index in [0.717, 1.165) is 17.7 Å². The van der Waals surface area contributed by atoms with Crippen LogP contribution in [0.2, 0.25) is 0 Å². The van der Waals surface area contributed by atoms with Gasteiger partial charge in [-0.15, -0.1) is 11.3 Å². The molecule has 39 heavy (non-hydrogen) atoms. The molecule has 1 aromatic heterocycles. The topological polar surface area (TPSA) is 125 Å². The van der Waals surface area contributed by atoms with Crippen LogP contribution in [0.15, 0.2) is 35.7 Å². The van der Waals surface area contributed by atoms with Crippen molar-refractivity contribution in [3.8, 4) is 11.5 Å². The summed E-state index contributed by atoms with van der Waals surface area (Å²) in [6.07, 6.45) is 1.81. The summed E-state index contributed by atoms with van der Waals surface area (Å²) in [5.74, 6) is 0.661. The Bertz CT molecular complexity index is 1070. The molecular formula is C27H37N3O8S. The Balaban J connectivity index is 1.62. The summed E-state index contributed by atoms with van der Waals surface area (Å²) in [4.78, 5) is 40.6. The van der Waals surface area contributed by atoms with Gasteiger partial charge in [0.05, 0.1) is 38.8 Å². The van der Waals surface area contributed by atoms with Gasteiger partial charge in [0.15, 0.2) is 11.5 Å². The number of ether oxygens (including phenoxy) is 5. The third-order valence-corrected chi connectivity index (χ3v) is 6.96. The molecule has 3 amide bonds. The molecule has 0 unspecified atom stereocenters. The summed E-state index contributed by atoms with van der Waals surface area (Å²) >= 11 is 1.56. The van der Waals surface area contributed by atoms with Crippen LogP contribution in [-0.2, 0) is 25.5 Å². The molecule has 12 heteroatoms. The van der Waals surface area contributed by atoms with Crippen LogP contribution in [0.3, 0.4) is 0 Å². The molecule has 0 radical (unpaired) electrons. The maximum absolute atomic E-state index is 13.0. The first-order valence-corrected chi connectivity index (χ1v) is 13.8. The fraction of sp³-hybridized carbons (Fsp3) is 0.519. The zero-order valence-electron chi connectivity index (χ0n) is 22.6. The second-order valence-electron chi connectivity index (χ2n) is 8.97. The van der Waals surface area contributed by atoms with Gasteiger partial charge in [-0.3, -0.25) is 4.79 Å². The average molecular weight is 564 g/mol. The largest absolute Gasteiger partial charge is 0.469 e. The van der Waals surface area contributed by atoms with E-state index in [1.165, 1.54) is 7.11 Å². The molecular weight excluding hydrogens is 526 g/mol. The first-order chi connectivity index (χ1) is 18.9. The predicted molar refractivity (Wildman–Crippen MR) is 145 cm³/mol. The molecule has 0 bridgehead atoms. The number of benzene rings is 1. The van der Waals surface area contributed by atoms with Crippen LogP contribution in [-0.4, -0.2) is 69.8 Å². The second kappa shape index (κ2) is 15.8. The molecule has 11 nitrogen and oxygen atoms in total. The van der Waals surface area contributed by atoms with Crippen LogP contribution in [0.4, 0.5) is 9.59 Å². The molecule has 2 atom stereocenters. The summed E-state index contributed by atoms with van der Waals surface area (Å²) in [5, 5.41) is 7.71. The van der Waals surface area contributed by atoms with E-state index < -0.39 is 30.2 Å². The number of carbonyl (C=O) groups is 3. The zero-order valence-corrected chi connectivity index (χ0v) is 23.4. The third kappa shape index (κ3) is 9.63. The van der Waals surface area contributed by atoms with Crippen molar-refractivity contribution in [2.75, 3.05) is 40.8 Å². The smallest absolute Gasteiger partial charge is 0.410 e. The number of esters is 1. The van der Waals surface area contributed by atoms with Crippen molar-refractivity contribution >= 4 is 29.4 Å². The number of thiophene rings is 1. The maximum Gasteiger partial charge on any atom is 0.410 e. The quantitative estimate of drug-likeness (QED) is 0.309. The third-order valence-electron chi connectivity index (χ3n) is 6.10. The number of rotatable bonds is 15. The van der Waals surface area contributed by atoms with E-state index in [0.29, 0.717) is 43.2 Å². The number of hydrogen-bond donors (Lipinski definition) is 2. The van der Waals surface area contributed by atoms with Gasteiger partial charge < -0.3 is 39.2 Å². The Labute approximate surface area is 232 Å². The van der Waals surface area contributed by atoms with Gasteiger partial charge in [0.2, 0.25) is 6.79 Å². The summed E-state index contributed by atoms with van der Waals surface area (Å²) in [5.41, 5.74) is 0.665. The summed E-state index contributed by atoms with van der Waals surface area (Å²) in [6, 6.07) is 7.53. The number of urea groups is 1. The SMILES string of the molecule is CCCC[C@@H](COC(=O)N(CCOC)Cc1cccs1)NC(=O)N[C@@H](CC(=O)OC)c1ccc2c(c1)OCO2. The van der Waals surface area contributed by atoms with Gasteiger partial charge in [-0.05, 0) is 35.6 Å². The van der Waals surface area contributed by atoms with Gasteiger partial charge in [-0.2, -0.15) is 0 Å². The minimum Gasteiger partial charge on any atom is -0.469 e. The highest BCUT2D eigenvalue weighted by molar-refractivity contribution is 7.09. The van der Waals surface area contributed by atoms with E-state index in [4.69, 9.17) is 23.7 Å². The lowest BCUT2D eigenvalue weighted by Crippen LogP contribution is -2.46. The van der Waals surface area contributed by atoms with Crippen molar-refractivity contribution in [1.29, 1.82) is 0 Å². The normalized spacial score (nSPS) is 13.3. The summed E-state index contributed by atoms with van der Waals surface area (Å²) in [6.45, 7) is 3.34. The van der Waals surface area contributed by atoms with E-state index >= 15 is 0 Å². The molecule has 214 valence electrons. The number of methoxy groups -OCH3 is 2. The minimum atomic E-state index is -0.670. The molecule has 0 fully saturated rings. The highest BCUT2D eigenvalue weighted by Gasteiger charge is 2.24. The highest BCUT2D eigenvalue weighted by atomic mass is 32.1. The fourth-order valence-corrected chi connectivity index (χ4v) is 4.67. The zero-order chi connectivity index (χ0) is 28.0. The first kappa shape index (κ1) is 30.0. The van der Waals surface area contributed by atoms with Crippen LogP contribution < -0.4 is 20.1 Å². The van der Waals surface area contributed by atoms with Crippen molar-refractivity contribution in [3.05, 3.63) is 46.2 Å². The minimum absolute atomic E-state index is 0.00582. The van der Waals surface area contributed by atoms with Crippen molar-refractivity contribution in [2.24, 2.45) is 0 Å². The number of nitrogens with one attached hydrogen (secondary N) is 2. The van der Waals surface area contributed by atoms with Gasteiger partial charge >= 0.3 is 18.1 Å². The van der Waals surface area contributed by atoms with E-state index in [2.05, 4.69) is 10.6 Å². The first-order valence-electron chi connectivity index (χ1n) is 12.9. The van der Waals surface area contributed by atoms with E-state index in [1.54, 1.807) is 41.5 Å². The van der Waals surface area contributed by atoms with E-state index in [-0.39, 0.29) is 19.8 Å². The molecule has 2 aromatic rings. The molecule has 2 N–H and O–H groups in total. The Morgan fingerprint density at radius 3 is 2.67 bits per heavy atom. The molecule has 0 saturated heterocycles. The standard InChI is InChI=1S/C27H37N3O8S/c1-4-5-7-20(17-36-27(33)30(11-12-34-2)16-21-8-6-13-39-21)28-26(32)29-22(15-25(31)35-3)19-9-10-23-24(14-19)38-18-37-23/h6,8-10,13-14,20,22H,4-5,7,11-12,15-18H2,1-3H3,(H2,28,29,32)/t20-,22-/m0/s1. The van der Waals surface area contributed by atoms with Crippen LogP contribution in [0.5, 0.6) is 11.5 Å². The Morgan fingerprint density at radius 2 is 1.95 bits per heavy atom. The summed E-state index contributed by atoms with van der Waals surface area (Å²) < 4.78 is 26.4. The van der Waals surface area contributed by atoms with Crippen molar-refractivity contribution in [1.82, 2.24) is 15.5 Å². The Kier molecular flexibility index (Phi) is 12.2. The predicted octanol–water partition coefficient (Wildman–Crippen LogP) is 4.22. The monoisotopic (exact) mass is 563 g/mol. The molecule has 0 spiro atoms. The fourth-order valence-electron chi connectivity index (χ4n) is 3.96. The van der Waals surface area contributed by atoms with Crippen molar-refractivity contribution in [2.45, 2.75) is 51.2 Å². The van der Waals surface area contributed by atoms with Crippen LogP contribution in [0, 0.1) is 0 Å². The lowest BCUT2D eigenvalue weighted by molar-refractivity contribution is -0.141. The number of unbranched alkanes of at least 4 members (excludes halogenated alkanes) is 1. The van der Waals surface area contributed by atoms with E-state index in [1.807, 2.05) is 24.4 Å². The summed E-state index contributed by atoms with van der Waals surface area (Å²) in [7, 11) is 2.87. The van der Waals surface area contributed by atoms with Gasteiger partial charge in [0.25, 0.3) is 0 Å². The number of fused-ring (bicyclic) bond motifs is 1. The number of carbonyl (C=O) groups excluding carboxylic acids is 3. The van der Waals surface area contributed by atoms with Crippen LogP contribution in [0.1, 0.15) is 49.1 Å². The van der Waals surface area contributed by atoms with Gasteiger partial charge in [0, 0.05) is 18.5 Å². The van der Waals surface area contributed by atoms with Crippen molar-refractivity contribution < 1.29 is 38.1 Å². The molecule has 1 aromatic carbocycles.